The molecule has 0 radical (unpaired) electrons. The number of hydrogen-bond acceptors (Lipinski definition) is 3. The number of rotatable bonds is 4. The molecule has 0 aromatic rings. The lowest BCUT2D eigenvalue weighted by molar-refractivity contribution is -0.127. The Labute approximate surface area is 90.6 Å². The van der Waals surface area contributed by atoms with Gasteiger partial charge in [0.25, 0.3) is 0 Å². The van der Waals surface area contributed by atoms with Crippen molar-refractivity contribution in [1.29, 1.82) is 0 Å². The molecule has 0 aromatic carbocycles. The van der Waals surface area contributed by atoms with E-state index in [1.54, 1.807) is 11.8 Å². The van der Waals surface area contributed by atoms with Gasteiger partial charge in [0.05, 0.1) is 5.75 Å². The first-order valence-electron chi connectivity index (χ1n) is 5.20. The zero-order chi connectivity index (χ0) is 10.4. The maximum atomic E-state index is 11.5. The van der Waals surface area contributed by atoms with Gasteiger partial charge in [-0.3, -0.25) is 4.79 Å². The van der Waals surface area contributed by atoms with Gasteiger partial charge in [-0.2, -0.15) is 11.8 Å². The van der Waals surface area contributed by atoms with Gasteiger partial charge < -0.3 is 10.2 Å². The summed E-state index contributed by atoms with van der Waals surface area (Å²) in [6.45, 7) is 1.97. The van der Waals surface area contributed by atoms with Gasteiger partial charge in [0, 0.05) is 19.6 Å². The Balaban J connectivity index is 2.24. The molecular weight excluding hydrogens is 196 g/mol. The lowest BCUT2D eigenvalue weighted by Gasteiger charge is -2.28. The predicted octanol–water partition coefficient (Wildman–Crippen LogP) is 0.950. The molecule has 4 heteroatoms. The number of carbonyl (C=O) groups is 1. The molecule has 1 amide bonds. The van der Waals surface area contributed by atoms with Crippen LogP contribution in [0.1, 0.15) is 19.3 Å². The van der Waals surface area contributed by atoms with Crippen LogP contribution in [0.3, 0.4) is 0 Å². The molecule has 0 aliphatic carbocycles. The van der Waals surface area contributed by atoms with E-state index in [1.807, 2.05) is 18.2 Å². The quantitative estimate of drug-likeness (QED) is 0.759. The normalized spacial score (nSPS) is 22.0. The molecule has 1 fully saturated rings. The highest BCUT2D eigenvalue weighted by molar-refractivity contribution is 7.99. The topological polar surface area (TPSA) is 32.3 Å². The average molecular weight is 216 g/mol. The van der Waals surface area contributed by atoms with Gasteiger partial charge in [-0.15, -0.1) is 0 Å². The summed E-state index contributed by atoms with van der Waals surface area (Å²) < 4.78 is 0. The molecule has 1 aliphatic heterocycles. The Bertz CT molecular complexity index is 181. The van der Waals surface area contributed by atoms with Gasteiger partial charge in [-0.1, -0.05) is 6.42 Å². The molecule has 0 bridgehead atoms. The van der Waals surface area contributed by atoms with Crippen molar-refractivity contribution in [3.63, 3.8) is 0 Å². The van der Waals surface area contributed by atoms with Crippen molar-refractivity contribution >= 4 is 17.7 Å². The number of hydrogen-bond donors (Lipinski definition) is 1. The fourth-order valence-corrected chi connectivity index (χ4v) is 2.21. The molecule has 1 heterocycles. The van der Waals surface area contributed by atoms with Crippen LogP contribution in [0.4, 0.5) is 0 Å². The molecule has 0 saturated carbocycles. The van der Waals surface area contributed by atoms with Crippen molar-refractivity contribution in [3.05, 3.63) is 0 Å². The van der Waals surface area contributed by atoms with Crippen LogP contribution >= 0.6 is 11.8 Å². The monoisotopic (exact) mass is 216 g/mol. The lowest BCUT2D eigenvalue weighted by Crippen LogP contribution is -2.44. The van der Waals surface area contributed by atoms with Crippen LogP contribution in [-0.4, -0.2) is 49.0 Å². The molecule has 1 atom stereocenters. The SMILES string of the molecule is CSCC(=O)N(C)CC1CCCCN1. The van der Waals surface area contributed by atoms with Crippen molar-refractivity contribution in [2.24, 2.45) is 0 Å². The number of likely N-dealkylation sites (N-methyl/N-ethyl adjacent to an activating group) is 1. The molecule has 14 heavy (non-hydrogen) atoms. The second-order valence-electron chi connectivity index (χ2n) is 3.85. The van der Waals surface area contributed by atoms with Crippen LogP contribution < -0.4 is 5.32 Å². The van der Waals surface area contributed by atoms with Crippen LogP contribution in [0.15, 0.2) is 0 Å². The molecule has 82 valence electrons. The number of piperidine rings is 1. The van der Waals surface area contributed by atoms with Crippen LogP contribution in [0.25, 0.3) is 0 Å². The molecule has 1 aliphatic rings. The molecule has 0 aromatic heterocycles. The second kappa shape index (κ2) is 6.30. The molecule has 1 unspecified atom stereocenters. The summed E-state index contributed by atoms with van der Waals surface area (Å²) in [7, 11) is 1.90. The third kappa shape index (κ3) is 3.88. The van der Waals surface area contributed by atoms with Crippen molar-refractivity contribution in [1.82, 2.24) is 10.2 Å². The highest BCUT2D eigenvalue weighted by Gasteiger charge is 2.16. The van der Waals surface area contributed by atoms with E-state index in [4.69, 9.17) is 0 Å². The van der Waals surface area contributed by atoms with Crippen LogP contribution in [0, 0.1) is 0 Å². The van der Waals surface area contributed by atoms with E-state index in [0.717, 1.165) is 13.1 Å². The smallest absolute Gasteiger partial charge is 0.232 e. The summed E-state index contributed by atoms with van der Waals surface area (Å²) in [6, 6.07) is 0.513. The minimum absolute atomic E-state index is 0.241. The maximum absolute atomic E-state index is 11.5. The van der Waals surface area contributed by atoms with Gasteiger partial charge in [0.1, 0.15) is 0 Å². The van der Waals surface area contributed by atoms with Crippen molar-refractivity contribution in [3.8, 4) is 0 Å². The molecule has 1 N–H and O–H groups in total. The Kier molecular flexibility index (Phi) is 5.33. The van der Waals surface area contributed by atoms with Gasteiger partial charge >= 0.3 is 0 Å². The van der Waals surface area contributed by atoms with Crippen LogP contribution in [0.5, 0.6) is 0 Å². The number of nitrogens with zero attached hydrogens (tertiary/aromatic N) is 1. The standard InChI is InChI=1S/C10H20N2OS/c1-12(10(13)8-14-2)7-9-5-3-4-6-11-9/h9,11H,3-8H2,1-2H3. The average Bonchev–Trinajstić information content (AvgIpc) is 2.19. The van der Waals surface area contributed by atoms with Gasteiger partial charge in [-0.05, 0) is 25.6 Å². The van der Waals surface area contributed by atoms with Crippen molar-refractivity contribution in [2.75, 3.05) is 32.1 Å². The third-order valence-electron chi connectivity index (χ3n) is 2.60. The molecule has 0 spiro atoms. The largest absolute Gasteiger partial charge is 0.343 e. The number of nitrogens with one attached hydrogen (secondary N) is 1. The highest BCUT2D eigenvalue weighted by atomic mass is 32.2. The molecular formula is C10H20N2OS. The molecule has 1 saturated heterocycles. The van der Waals surface area contributed by atoms with E-state index in [2.05, 4.69) is 5.32 Å². The minimum atomic E-state index is 0.241. The minimum Gasteiger partial charge on any atom is -0.343 e. The number of carbonyl (C=O) groups excluding carboxylic acids is 1. The summed E-state index contributed by atoms with van der Waals surface area (Å²) in [5.41, 5.74) is 0. The summed E-state index contributed by atoms with van der Waals surface area (Å²) >= 11 is 1.59. The van der Waals surface area contributed by atoms with Crippen molar-refractivity contribution in [2.45, 2.75) is 25.3 Å². The molecule has 3 nitrogen and oxygen atoms in total. The van der Waals surface area contributed by atoms with Crippen molar-refractivity contribution < 1.29 is 4.79 Å². The second-order valence-corrected chi connectivity index (χ2v) is 4.72. The van der Waals surface area contributed by atoms with E-state index in [1.165, 1.54) is 19.3 Å². The zero-order valence-corrected chi connectivity index (χ0v) is 9.90. The number of thioether (sulfide) groups is 1. The summed E-state index contributed by atoms with van der Waals surface area (Å²) in [5, 5.41) is 3.45. The summed E-state index contributed by atoms with van der Waals surface area (Å²) in [5.74, 6) is 0.841. The zero-order valence-electron chi connectivity index (χ0n) is 9.08. The van der Waals surface area contributed by atoms with E-state index >= 15 is 0 Å². The first-order chi connectivity index (χ1) is 6.74. The predicted molar refractivity (Wildman–Crippen MR) is 61.7 cm³/mol. The van der Waals surface area contributed by atoms with Gasteiger partial charge in [-0.25, -0.2) is 0 Å². The maximum Gasteiger partial charge on any atom is 0.232 e. The van der Waals surface area contributed by atoms with E-state index in [9.17, 15) is 4.79 Å². The highest BCUT2D eigenvalue weighted by Crippen LogP contribution is 2.08. The van der Waals surface area contributed by atoms with Crippen LogP contribution in [-0.2, 0) is 4.79 Å². The molecule has 1 rings (SSSR count). The summed E-state index contributed by atoms with van der Waals surface area (Å²) in [6.07, 6.45) is 5.74. The first kappa shape index (κ1) is 11.9. The fourth-order valence-electron chi connectivity index (χ4n) is 1.75. The van der Waals surface area contributed by atoms with E-state index in [-0.39, 0.29) is 5.91 Å². The van der Waals surface area contributed by atoms with E-state index in [0.29, 0.717) is 11.8 Å². The van der Waals surface area contributed by atoms with E-state index < -0.39 is 0 Å². The van der Waals surface area contributed by atoms with Crippen LogP contribution in [0.2, 0.25) is 0 Å². The Morgan fingerprint density at radius 1 is 1.57 bits per heavy atom. The third-order valence-corrected chi connectivity index (χ3v) is 3.14. The Morgan fingerprint density at radius 2 is 2.36 bits per heavy atom. The Hall–Kier alpha value is -0.220. The summed E-state index contributed by atoms with van der Waals surface area (Å²) in [4.78, 5) is 13.3. The fraction of sp³-hybridized carbons (Fsp3) is 0.900. The Morgan fingerprint density at radius 3 is 2.93 bits per heavy atom. The van der Waals surface area contributed by atoms with Gasteiger partial charge in [0.2, 0.25) is 5.91 Å². The van der Waals surface area contributed by atoms with Gasteiger partial charge in [0.15, 0.2) is 0 Å². The lowest BCUT2D eigenvalue weighted by atomic mass is 10.0. The number of amides is 1. The first-order valence-corrected chi connectivity index (χ1v) is 6.59.